The predicted octanol–water partition coefficient (Wildman–Crippen LogP) is 5.59. The van der Waals surface area contributed by atoms with Crippen LogP contribution in [-0.2, 0) is 20.0 Å². The average molecular weight is 389 g/mol. The Morgan fingerprint density at radius 3 is 2.52 bits per heavy atom. The van der Waals surface area contributed by atoms with Gasteiger partial charge in [-0.1, -0.05) is 39.0 Å². The van der Waals surface area contributed by atoms with Gasteiger partial charge in [0.2, 0.25) is 0 Å². The smallest absolute Gasteiger partial charge is 0.110 e. The molecule has 1 N–H and O–H groups in total. The van der Waals surface area contributed by atoms with Gasteiger partial charge in [0.25, 0.3) is 0 Å². The molecule has 0 saturated heterocycles. The first kappa shape index (κ1) is 19.7. The normalized spacial score (nSPS) is 13.2. The standard InChI is InChI=1S/C25H32N4/c1-16(2)18-8-10-24-23(12-18)27-25(29(24)6)11-17(3)19-7-9-21-20(15-28(4)5)14-26-22(21)13-19/h7-10,12-14,16-17,26H,11,15H2,1-6H3. The molecule has 1 unspecified atom stereocenters. The highest BCUT2D eigenvalue weighted by Gasteiger charge is 2.15. The molecule has 4 aromatic rings. The van der Waals surface area contributed by atoms with E-state index in [1.165, 1.54) is 33.1 Å². The highest BCUT2D eigenvalue weighted by molar-refractivity contribution is 5.84. The van der Waals surface area contributed by atoms with Gasteiger partial charge in [-0.3, -0.25) is 0 Å². The maximum Gasteiger partial charge on any atom is 0.110 e. The molecule has 2 heterocycles. The van der Waals surface area contributed by atoms with E-state index in [2.05, 4.69) is 99.0 Å². The number of nitrogens with one attached hydrogen (secondary N) is 1. The van der Waals surface area contributed by atoms with Gasteiger partial charge >= 0.3 is 0 Å². The summed E-state index contributed by atoms with van der Waals surface area (Å²) in [7, 11) is 6.35. The van der Waals surface area contributed by atoms with Crippen molar-refractivity contribution in [2.45, 2.75) is 45.6 Å². The fourth-order valence-corrected chi connectivity index (χ4v) is 4.18. The summed E-state index contributed by atoms with van der Waals surface area (Å²) in [6.45, 7) is 7.71. The Bertz CT molecular complexity index is 1150. The minimum Gasteiger partial charge on any atom is -0.361 e. The van der Waals surface area contributed by atoms with E-state index in [0.717, 1.165) is 24.3 Å². The molecule has 0 radical (unpaired) electrons. The lowest BCUT2D eigenvalue weighted by Crippen LogP contribution is -2.10. The van der Waals surface area contributed by atoms with Gasteiger partial charge in [-0.25, -0.2) is 4.98 Å². The van der Waals surface area contributed by atoms with Crippen molar-refractivity contribution in [2.75, 3.05) is 14.1 Å². The Balaban J connectivity index is 1.60. The lowest BCUT2D eigenvalue weighted by molar-refractivity contribution is 0.404. The van der Waals surface area contributed by atoms with Crippen LogP contribution in [0.1, 0.15) is 55.1 Å². The van der Waals surface area contributed by atoms with Crippen LogP contribution in [0.25, 0.3) is 21.9 Å². The first-order chi connectivity index (χ1) is 13.8. The molecule has 0 bridgehead atoms. The van der Waals surface area contributed by atoms with Gasteiger partial charge in [-0.2, -0.15) is 0 Å². The molecular weight excluding hydrogens is 356 g/mol. The summed E-state index contributed by atoms with van der Waals surface area (Å²) in [5, 5.41) is 1.32. The van der Waals surface area contributed by atoms with E-state index in [0.29, 0.717) is 11.8 Å². The summed E-state index contributed by atoms with van der Waals surface area (Å²) in [5.74, 6) is 2.07. The lowest BCUT2D eigenvalue weighted by Gasteiger charge is -2.13. The molecule has 29 heavy (non-hydrogen) atoms. The van der Waals surface area contributed by atoms with Crippen molar-refractivity contribution < 1.29 is 0 Å². The summed E-state index contributed by atoms with van der Waals surface area (Å²) in [6.07, 6.45) is 3.07. The minimum absolute atomic E-state index is 0.403. The van der Waals surface area contributed by atoms with Gasteiger partial charge in [-0.15, -0.1) is 0 Å². The summed E-state index contributed by atoms with van der Waals surface area (Å²) < 4.78 is 2.25. The van der Waals surface area contributed by atoms with Crippen LogP contribution in [-0.4, -0.2) is 33.5 Å². The molecule has 2 aromatic carbocycles. The van der Waals surface area contributed by atoms with Crippen molar-refractivity contribution >= 4 is 21.9 Å². The highest BCUT2D eigenvalue weighted by Crippen LogP contribution is 2.28. The monoisotopic (exact) mass is 388 g/mol. The second kappa shape index (κ2) is 7.68. The number of imidazole rings is 1. The number of hydrogen-bond donors (Lipinski definition) is 1. The summed E-state index contributed by atoms with van der Waals surface area (Å²) in [5.41, 5.74) is 7.59. The van der Waals surface area contributed by atoms with Crippen LogP contribution in [0.5, 0.6) is 0 Å². The maximum absolute atomic E-state index is 4.97. The Morgan fingerprint density at radius 2 is 1.79 bits per heavy atom. The Kier molecular flexibility index (Phi) is 5.22. The molecule has 4 heteroatoms. The summed E-state index contributed by atoms with van der Waals surface area (Å²) >= 11 is 0. The molecule has 0 aliphatic rings. The number of rotatable bonds is 6. The Hall–Kier alpha value is -2.59. The van der Waals surface area contributed by atoms with Crippen LogP contribution >= 0.6 is 0 Å². The van der Waals surface area contributed by atoms with Crippen LogP contribution in [0.3, 0.4) is 0 Å². The zero-order chi connectivity index (χ0) is 20.7. The van der Waals surface area contributed by atoms with E-state index < -0.39 is 0 Å². The van der Waals surface area contributed by atoms with E-state index in [9.17, 15) is 0 Å². The summed E-state index contributed by atoms with van der Waals surface area (Å²) in [6, 6.07) is 13.5. The van der Waals surface area contributed by atoms with Crippen LogP contribution in [0.2, 0.25) is 0 Å². The van der Waals surface area contributed by atoms with Crippen LogP contribution in [0.4, 0.5) is 0 Å². The van der Waals surface area contributed by atoms with E-state index in [4.69, 9.17) is 4.98 Å². The largest absolute Gasteiger partial charge is 0.361 e. The predicted molar refractivity (Wildman–Crippen MR) is 123 cm³/mol. The van der Waals surface area contributed by atoms with Gasteiger partial charge in [0.15, 0.2) is 0 Å². The first-order valence-corrected chi connectivity index (χ1v) is 10.5. The molecule has 4 rings (SSSR count). The molecule has 152 valence electrons. The van der Waals surface area contributed by atoms with Gasteiger partial charge in [0.1, 0.15) is 5.82 Å². The number of nitrogens with zero attached hydrogens (tertiary/aromatic N) is 3. The topological polar surface area (TPSA) is 36.9 Å². The molecule has 0 saturated carbocycles. The SMILES string of the molecule is CC(C)c1ccc2c(c1)nc(CC(C)c1ccc3c(CN(C)C)c[nH]c3c1)n2C. The van der Waals surface area contributed by atoms with E-state index in [1.807, 2.05) is 0 Å². The molecule has 0 spiro atoms. The van der Waals surface area contributed by atoms with Crippen molar-refractivity contribution in [1.82, 2.24) is 19.4 Å². The molecule has 2 aromatic heterocycles. The van der Waals surface area contributed by atoms with E-state index in [1.54, 1.807) is 0 Å². The fourth-order valence-electron chi connectivity index (χ4n) is 4.18. The lowest BCUT2D eigenvalue weighted by atomic mass is 9.96. The molecule has 0 amide bonds. The number of hydrogen-bond acceptors (Lipinski definition) is 2. The van der Waals surface area contributed by atoms with Gasteiger partial charge < -0.3 is 14.5 Å². The molecule has 0 aliphatic heterocycles. The van der Waals surface area contributed by atoms with Crippen molar-refractivity contribution in [3.05, 3.63) is 65.1 Å². The highest BCUT2D eigenvalue weighted by atomic mass is 15.1. The third-order valence-electron chi connectivity index (χ3n) is 6.00. The van der Waals surface area contributed by atoms with Crippen LogP contribution in [0, 0.1) is 0 Å². The molecular formula is C25H32N4. The van der Waals surface area contributed by atoms with Crippen LogP contribution < -0.4 is 0 Å². The van der Waals surface area contributed by atoms with Crippen molar-refractivity contribution in [2.24, 2.45) is 7.05 Å². The van der Waals surface area contributed by atoms with Crippen LogP contribution in [0.15, 0.2) is 42.6 Å². The Morgan fingerprint density at radius 1 is 1.03 bits per heavy atom. The minimum atomic E-state index is 0.403. The second-order valence-corrected chi connectivity index (χ2v) is 8.95. The van der Waals surface area contributed by atoms with Gasteiger partial charge in [0.05, 0.1) is 11.0 Å². The molecule has 4 nitrogen and oxygen atoms in total. The quantitative estimate of drug-likeness (QED) is 0.468. The first-order valence-electron chi connectivity index (χ1n) is 10.5. The number of H-pyrrole nitrogens is 1. The average Bonchev–Trinajstić information content (AvgIpc) is 3.21. The molecule has 1 atom stereocenters. The fraction of sp³-hybridized carbons (Fsp3) is 0.400. The van der Waals surface area contributed by atoms with Gasteiger partial charge in [-0.05, 0) is 60.8 Å². The maximum atomic E-state index is 4.97. The van der Waals surface area contributed by atoms with Crippen molar-refractivity contribution in [3.8, 4) is 0 Å². The third kappa shape index (κ3) is 3.82. The zero-order valence-electron chi connectivity index (χ0n) is 18.5. The number of aromatic amines is 1. The van der Waals surface area contributed by atoms with Gasteiger partial charge in [0, 0.05) is 37.1 Å². The van der Waals surface area contributed by atoms with Crippen molar-refractivity contribution in [3.63, 3.8) is 0 Å². The molecule has 0 fully saturated rings. The second-order valence-electron chi connectivity index (χ2n) is 8.95. The van der Waals surface area contributed by atoms with Crippen molar-refractivity contribution in [1.29, 1.82) is 0 Å². The zero-order valence-corrected chi connectivity index (χ0v) is 18.5. The van der Waals surface area contributed by atoms with E-state index >= 15 is 0 Å². The van der Waals surface area contributed by atoms with E-state index in [-0.39, 0.29) is 0 Å². The summed E-state index contributed by atoms with van der Waals surface area (Å²) in [4.78, 5) is 10.6. The Labute approximate surface area is 173 Å². The molecule has 0 aliphatic carbocycles. The number of aromatic nitrogens is 3. The number of aryl methyl sites for hydroxylation is 1. The third-order valence-corrected chi connectivity index (χ3v) is 6.00. The number of benzene rings is 2. The number of fused-ring (bicyclic) bond motifs is 2.